The zero-order chi connectivity index (χ0) is 15.2. The van der Waals surface area contributed by atoms with Crippen molar-refractivity contribution in [2.45, 2.75) is 58.2 Å². The lowest BCUT2D eigenvalue weighted by Gasteiger charge is -2.18. The Hall–Kier alpha value is -0.960. The molecule has 3 heteroatoms. The van der Waals surface area contributed by atoms with E-state index in [2.05, 4.69) is 62.3 Å². The van der Waals surface area contributed by atoms with E-state index in [4.69, 9.17) is 0 Å². The van der Waals surface area contributed by atoms with Gasteiger partial charge in [-0.05, 0) is 23.0 Å². The predicted octanol–water partition coefficient (Wildman–Crippen LogP) is 4.81. The van der Waals surface area contributed by atoms with Gasteiger partial charge in [0.25, 0.3) is 0 Å². The first kappa shape index (κ1) is 16.4. The fourth-order valence-electron chi connectivity index (χ4n) is 2.75. The van der Waals surface area contributed by atoms with Crippen LogP contribution in [-0.2, 0) is 6.54 Å². The van der Waals surface area contributed by atoms with Crippen LogP contribution in [-0.4, -0.2) is 17.0 Å². The van der Waals surface area contributed by atoms with E-state index in [-0.39, 0.29) is 0 Å². The maximum Gasteiger partial charge on any atom is 0.157 e. The van der Waals surface area contributed by atoms with Crippen molar-refractivity contribution in [3.63, 3.8) is 0 Å². The van der Waals surface area contributed by atoms with Crippen LogP contribution in [0, 0.1) is 5.92 Å². The van der Waals surface area contributed by atoms with Crippen LogP contribution in [0.2, 0.25) is 0 Å². The molecule has 0 fully saturated rings. The van der Waals surface area contributed by atoms with Crippen LogP contribution >= 0.6 is 11.8 Å². The van der Waals surface area contributed by atoms with Crippen molar-refractivity contribution < 1.29 is 0 Å². The Kier molecular flexibility index (Phi) is 6.16. The van der Waals surface area contributed by atoms with E-state index in [0.717, 1.165) is 24.2 Å². The van der Waals surface area contributed by atoms with Gasteiger partial charge < -0.3 is 5.32 Å². The molecular weight excluding hydrogens is 276 g/mol. The van der Waals surface area contributed by atoms with Crippen LogP contribution in [0.1, 0.15) is 57.6 Å². The maximum absolute atomic E-state index is 4.66. The van der Waals surface area contributed by atoms with Gasteiger partial charge in [-0.1, -0.05) is 76.6 Å². The smallest absolute Gasteiger partial charge is 0.157 e. The van der Waals surface area contributed by atoms with Crippen LogP contribution in [0.25, 0.3) is 0 Å². The summed E-state index contributed by atoms with van der Waals surface area (Å²) in [6, 6.07) is 8.92. The number of thioether (sulfide) groups is 1. The Balaban J connectivity index is 1.81. The van der Waals surface area contributed by atoms with Gasteiger partial charge in [-0.15, -0.1) is 0 Å². The predicted molar refractivity (Wildman–Crippen MR) is 95.1 cm³/mol. The molecule has 2 rings (SSSR count). The monoisotopic (exact) mass is 304 g/mol. The second-order valence-corrected chi connectivity index (χ2v) is 7.36. The van der Waals surface area contributed by atoms with Gasteiger partial charge >= 0.3 is 0 Å². The molecule has 1 aliphatic heterocycles. The Bertz CT molecular complexity index is 461. The highest BCUT2D eigenvalue weighted by Gasteiger charge is 2.25. The zero-order valence-corrected chi connectivity index (χ0v) is 14.5. The summed E-state index contributed by atoms with van der Waals surface area (Å²) in [6.45, 7) is 10.9. The Morgan fingerprint density at radius 1 is 1.19 bits per heavy atom. The molecule has 0 aliphatic carbocycles. The topological polar surface area (TPSA) is 24.4 Å². The molecule has 1 aromatic carbocycles. The van der Waals surface area contributed by atoms with E-state index >= 15 is 0 Å². The fraction of sp³-hybridized carbons (Fsp3) is 0.611. The third-order valence-corrected chi connectivity index (χ3v) is 5.68. The third-order valence-electron chi connectivity index (χ3n) is 4.34. The number of hydrogen-bond donors (Lipinski definition) is 1. The lowest BCUT2D eigenvalue weighted by Crippen LogP contribution is -2.21. The summed E-state index contributed by atoms with van der Waals surface area (Å²) in [6.07, 6.45) is 2.52. The quantitative estimate of drug-likeness (QED) is 0.816. The first-order chi connectivity index (χ1) is 10.1. The average Bonchev–Trinajstić information content (AvgIpc) is 2.96. The number of aliphatic imine (C=N–C) groups is 1. The van der Waals surface area contributed by atoms with E-state index < -0.39 is 0 Å². The molecule has 1 aliphatic rings. The van der Waals surface area contributed by atoms with Crippen LogP contribution in [0.4, 0.5) is 0 Å². The highest BCUT2D eigenvalue weighted by molar-refractivity contribution is 8.14. The van der Waals surface area contributed by atoms with E-state index in [1.54, 1.807) is 0 Å². The number of benzene rings is 1. The minimum absolute atomic E-state index is 0.600. The largest absolute Gasteiger partial charge is 0.361 e. The molecule has 0 amide bonds. The van der Waals surface area contributed by atoms with E-state index in [1.165, 1.54) is 24.0 Å². The molecule has 0 aromatic heterocycles. The molecule has 1 unspecified atom stereocenters. The van der Waals surface area contributed by atoms with E-state index in [0.29, 0.717) is 11.2 Å². The number of nitrogens with zero attached hydrogens (tertiary/aromatic N) is 1. The summed E-state index contributed by atoms with van der Waals surface area (Å²) >= 11 is 1.93. The Labute approximate surface area is 133 Å². The molecule has 1 heterocycles. The molecule has 1 aromatic rings. The van der Waals surface area contributed by atoms with E-state index in [1.807, 2.05) is 11.8 Å². The summed E-state index contributed by atoms with van der Waals surface area (Å²) in [5.74, 6) is 1.39. The molecule has 116 valence electrons. The second-order valence-electron chi connectivity index (χ2n) is 6.13. The highest BCUT2D eigenvalue weighted by Crippen LogP contribution is 2.30. The van der Waals surface area contributed by atoms with Gasteiger partial charge in [-0.3, -0.25) is 4.99 Å². The van der Waals surface area contributed by atoms with Crippen molar-refractivity contribution in [1.29, 1.82) is 0 Å². The van der Waals surface area contributed by atoms with Crippen molar-refractivity contribution in [3.05, 3.63) is 35.4 Å². The van der Waals surface area contributed by atoms with E-state index in [9.17, 15) is 0 Å². The number of nitrogens with one attached hydrogen (secondary N) is 1. The fourth-order valence-corrected chi connectivity index (χ4v) is 4.06. The van der Waals surface area contributed by atoms with Gasteiger partial charge in [0.05, 0.1) is 6.54 Å². The lowest BCUT2D eigenvalue weighted by atomic mass is 9.99. The molecule has 21 heavy (non-hydrogen) atoms. The normalized spacial score (nSPS) is 18.4. The molecular formula is C18H28N2S. The molecule has 2 nitrogen and oxygen atoms in total. The molecule has 0 bridgehead atoms. The zero-order valence-electron chi connectivity index (χ0n) is 13.7. The SMILES string of the molecule is CCC(CC)C1CN=C(NCc2ccc(C(C)C)cc2)S1. The number of hydrogen-bond acceptors (Lipinski definition) is 3. The summed E-state index contributed by atoms with van der Waals surface area (Å²) in [4.78, 5) is 4.66. The molecule has 1 N–H and O–H groups in total. The van der Waals surface area contributed by atoms with Crippen molar-refractivity contribution in [2.75, 3.05) is 6.54 Å². The number of amidine groups is 1. The van der Waals surface area contributed by atoms with Crippen LogP contribution in [0.5, 0.6) is 0 Å². The van der Waals surface area contributed by atoms with Crippen molar-refractivity contribution in [1.82, 2.24) is 5.32 Å². The van der Waals surface area contributed by atoms with Gasteiger partial charge in [0.15, 0.2) is 5.17 Å². The third kappa shape index (κ3) is 4.50. The average molecular weight is 305 g/mol. The van der Waals surface area contributed by atoms with Crippen LogP contribution in [0.15, 0.2) is 29.3 Å². The lowest BCUT2D eigenvalue weighted by molar-refractivity contribution is 0.479. The standard InChI is InChI=1S/C18H28N2S/c1-5-15(6-2)17-12-20-18(21-17)19-11-14-7-9-16(10-8-14)13(3)4/h7-10,13,15,17H,5-6,11-12H2,1-4H3,(H,19,20). The molecule has 0 spiro atoms. The maximum atomic E-state index is 4.66. The Morgan fingerprint density at radius 2 is 1.86 bits per heavy atom. The first-order valence-electron chi connectivity index (χ1n) is 8.17. The minimum Gasteiger partial charge on any atom is -0.361 e. The van der Waals surface area contributed by atoms with Gasteiger partial charge in [-0.25, -0.2) is 0 Å². The van der Waals surface area contributed by atoms with Gasteiger partial charge in [0.1, 0.15) is 0 Å². The Morgan fingerprint density at radius 3 is 2.43 bits per heavy atom. The summed E-state index contributed by atoms with van der Waals surface area (Å²) < 4.78 is 0. The highest BCUT2D eigenvalue weighted by atomic mass is 32.2. The number of rotatable bonds is 6. The second kappa shape index (κ2) is 7.88. The van der Waals surface area contributed by atoms with Gasteiger partial charge in [-0.2, -0.15) is 0 Å². The minimum atomic E-state index is 0.600. The summed E-state index contributed by atoms with van der Waals surface area (Å²) in [5.41, 5.74) is 2.73. The molecule has 0 saturated carbocycles. The van der Waals surface area contributed by atoms with Crippen molar-refractivity contribution >= 4 is 16.9 Å². The molecule has 1 atom stereocenters. The van der Waals surface area contributed by atoms with Crippen molar-refractivity contribution in [2.24, 2.45) is 10.9 Å². The molecule has 0 radical (unpaired) electrons. The molecule has 0 saturated heterocycles. The first-order valence-corrected chi connectivity index (χ1v) is 9.05. The van der Waals surface area contributed by atoms with Gasteiger partial charge in [0.2, 0.25) is 0 Å². The van der Waals surface area contributed by atoms with Crippen LogP contribution in [0.3, 0.4) is 0 Å². The van der Waals surface area contributed by atoms with Gasteiger partial charge in [0, 0.05) is 11.8 Å². The summed E-state index contributed by atoms with van der Waals surface area (Å²) in [5, 5.41) is 5.29. The summed E-state index contributed by atoms with van der Waals surface area (Å²) in [7, 11) is 0. The van der Waals surface area contributed by atoms with Crippen LogP contribution < -0.4 is 5.32 Å². The van der Waals surface area contributed by atoms with Crippen molar-refractivity contribution in [3.8, 4) is 0 Å².